The Morgan fingerprint density at radius 3 is 2.42 bits per heavy atom. The van der Waals surface area contributed by atoms with Crippen LogP contribution in [0.2, 0.25) is 0 Å². The van der Waals surface area contributed by atoms with Crippen LogP contribution >= 0.6 is 0 Å². The molecule has 0 amide bonds. The summed E-state index contributed by atoms with van der Waals surface area (Å²) in [4.78, 5) is 0. The fourth-order valence-electron chi connectivity index (χ4n) is 3.72. The van der Waals surface area contributed by atoms with Gasteiger partial charge in [-0.3, -0.25) is 0 Å². The average molecular weight is 348 g/mol. The number of ether oxygens (including phenoxy) is 4. The molecule has 1 aliphatic carbocycles. The van der Waals surface area contributed by atoms with Crippen LogP contribution in [0.3, 0.4) is 0 Å². The van der Waals surface area contributed by atoms with E-state index in [2.05, 4.69) is 0 Å². The van der Waals surface area contributed by atoms with E-state index in [-0.39, 0.29) is 0 Å². The van der Waals surface area contributed by atoms with Gasteiger partial charge in [0.05, 0.1) is 24.9 Å². The molecule has 136 valence electrons. The molecular formula is C14H20O10. The Kier molecular flexibility index (Phi) is 3.88. The molecule has 10 heteroatoms. The first-order valence-corrected chi connectivity index (χ1v) is 7.73. The lowest BCUT2D eigenvalue weighted by molar-refractivity contribution is -0.347. The highest BCUT2D eigenvalue weighted by Gasteiger charge is 2.72. The van der Waals surface area contributed by atoms with Gasteiger partial charge in [0.15, 0.2) is 6.29 Å². The van der Waals surface area contributed by atoms with E-state index < -0.39 is 73.4 Å². The maximum Gasteiger partial charge on any atom is 0.210 e. The summed E-state index contributed by atoms with van der Waals surface area (Å²) < 4.78 is 21.4. The molecule has 0 aromatic carbocycles. The molecule has 3 aliphatic heterocycles. The molecular weight excluding hydrogens is 328 g/mol. The second-order valence-electron chi connectivity index (χ2n) is 6.56. The second-order valence-corrected chi connectivity index (χ2v) is 6.56. The predicted molar refractivity (Wildman–Crippen MR) is 72.0 cm³/mol. The van der Waals surface area contributed by atoms with Gasteiger partial charge in [-0.1, -0.05) is 0 Å². The lowest BCUT2D eigenvalue weighted by Crippen LogP contribution is -2.61. The zero-order chi connectivity index (χ0) is 17.2. The molecule has 24 heavy (non-hydrogen) atoms. The number of fused-ring (bicyclic) bond motifs is 3. The van der Waals surface area contributed by atoms with Gasteiger partial charge in [-0.25, -0.2) is 0 Å². The van der Waals surface area contributed by atoms with Crippen LogP contribution in [0.4, 0.5) is 0 Å². The van der Waals surface area contributed by atoms with Crippen molar-refractivity contribution in [2.75, 3.05) is 6.61 Å². The second kappa shape index (κ2) is 5.59. The number of hydrogen-bond acceptors (Lipinski definition) is 10. The Balaban J connectivity index is 1.52. The van der Waals surface area contributed by atoms with Gasteiger partial charge in [-0.05, 0) is 6.08 Å². The first-order valence-electron chi connectivity index (χ1n) is 7.73. The topological polar surface area (TPSA) is 162 Å². The summed E-state index contributed by atoms with van der Waals surface area (Å²) in [5.74, 6) is -0.755. The highest BCUT2D eigenvalue weighted by atomic mass is 16.8. The van der Waals surface area contributed by atoms with Gasteiger partial charge in [-0.15, -0.1) is 0 Å². The van der Waals surface area contributed by atoms with E-state index in [4.69, 9.17) is 18.9 Å². The molecule has 1 saturated carbocycles. The first-order chi connectivity index (χ1) is 11.4. The van der Waals surface area contributed by atoms with Crippen molar-refractivity contribution >= 4 is 0 Å². The smallest absolute Gasteiger partial charge is 0.210 e. The molecule has 0 aromatic rings. The van der Waals surface area contributed by atoms with Crippen molar-refractivity contribution in [2.24, 2.45) is 5.92 Å². The Bertz CT molecular complexity index is 526. The van der Waals surface area contributed by atoms with E-state index in [9.17, 15) is 30.6 Å². The van der Waals surface area contributed by atoms with Crippen molar-refractivity contribution in [1.82, 2.24) is 0 Å². The Morgan fingerprint density at radius 2 is 1.71 bits per heavy atom. The first kappa shape index (κ1) is 16.6. The molecule has 6 N–H and O–H groups in total. The quantitative estimate of drug-likeness (QED) is 0.279. The molecule has 3 fully saturated rings. The minimum absolute atomic E-state index is 0.468. The lowest BCUT2D eigenvalue weighted by Gasteiger charge is -2.44. The monoisotopic (exact) mass is 348 g/mol. The van der Waals surface area contributed by atoms with Crippen molar-refractivity contribution in [3.05, 3.63) is 12.3 Å². The van der Waals surface area contributed by atoms with Crippen LogP contribution in [0.1, 0.15) is 0 Å². The van der Waals surface area contributed by atoms with Crippen LogP contribution in [0.15, 0.2) is 12.3 Å². The molecule has 0 unspecified atom stereocenters. The summed E-state index contributed by atoms with van der Waals surface area (Å²) in [5, 5.41) is 59.5. The summed E-state index contributed by atoms with van der Waals surface area (Å²) in [7, 11) is 0. The SMILES string of the molecule is OC[C@H]1O[C@@H](O[C@@H]2OC=C[C@]3(O)[C@H]2[C@H]2O[C@H]2[C@@H]3O)[C@H](O)[C@@H](O)[C@@H]1O. The van der Waals surface area contributed by atoms with E-state index in [1.54, 1.807) is 0 Å². The van der Waals surface area contributed by atoms with Crippen molar-refractivity contribution in [3.8, 4) is 0 Å². The molecule has 0 spiro atoms. The number of aliphatic hydroxyl groups excluding tert-OH is 5. The van der Waals surface area contributed by atoms with Gasteiger partial charge in [0.2, 0.25) is 6.29 Å². The molecule has 4 rings (SSSR count). The molecule has 2 saturated heterocycles. The molecule has 0 aromatic heterocycles. The highest BCUT2D eigenvalue weighted by Crippen LogP contribution is 2.53. The van der Waals surface area contributed by atoms with Gasteiger partial charge in [0.25, 0.3) is 0 Å². The van der Waals surface area contributed by atoms with Crippen LogP contribution in [0, 0.1) is 5.92 Å². The lowest BCUT2D eigenvalue weighted by atomic mass is 9.86. The van der Waals surface area contributed by atoms with Crippen LogP contribution in [0.5, 0.6) is 0 Å². The van der Waals surface area contributed by atoms with Crippen molar-refractivity contribution in [3.63, 3.8) is 0 Å². The fraction of sp³-hybridized carbons (Fsp3) is 0.857. The summed E-state index contributed by atoms with van der Waals surface area (Å²) in [6.07, 6.45) is -7.94. The molecule has 0 radical (unpaired) electrons. The Labute approximate surface area is 136 Å². The van der Waals surface area contributed by atoms with Crippen molar-refractivity contribution < 1.29 is 49.6 Å². The number of rotatable bonds is 3. The largest absolute Gasteiger partial charge is 0.472 e. The standard InChI is InChI=1S/C14H20O10/c15-3-4-6(16)7(17)8(18)13(22-4)24-12-5-9-10(23-9)11(19)14(5,20)1-2-21-12/h1-2,4-13,15-20H,3H2/t4-,5+,6-,7+,8-,9-,10-,11+,12+,13+,14+/m1/s1. The molecule has 4 aliphatic rings. The van der Waals surface area contributed by atoms with E-state index in [1.807, 2.05) is 0 Å². The Morgan fingerprint density at radius 1 is 0.958 bits per heavy atom. The summed E-state index contributed by atoms with van der Waals surface area (Å²) >= 11 is 0. The average Bonchev–Trinajstić information content (AvgIpc) is 3.30. The van der Waals surface area contributed by atoms with Gasteiger partial charge < -0.3 is 49.6 Å². The van der Waals surface area contributed by atoms with E-state index >= 15 is 0 Å². The third-order valence-electron chi connectivity index (χ3n) is 5.19. The van der Waals surface area contributed by atoms with E-state index in [0.717, 1.165) is 0 Å². The minimum Gasteiger partial charge on any atom is -0.472 e. The minimum atomic E-state index is -1.59. The fourth-order valence-corrected chi connectivity index (χ4v) is 3.72. The Hall–Kier alpha value is -0.820. The summed E-state index contributed by atoms with van der Waals surface area (Å²) in [5.41, 5.74) is -1.59. The molecule has 10 nitrogen and oxygen atoms in total. The van der Waals surface area contributed by atoms with Gasteiger partial charge in [-0.2, -0.15) is 0 Å². The third kappa shape index (κ3) is 2.23. The predicted octanol–water partition coefficient (Wildman–Crippen LogP) is -3.84. The van der Waals surface area contributed by atoms with Crippen molar-refractivity contribution in [2.45, 2.75) is 60.9 Å². The molecule has 3 heterocycles. The van der Waals surface area contributed by atoms with Crippen LogP contribution < -0.4 is 0 Å². The van der Waals surface area contributed by atoms with Gasteiger partial charge in [0, 0.05) is 0 Å². The highest BCUT2D eigenvalue weighted by molar-refractivity contribution is 5.25. The van der Waals surface area contributed by atoms with Crippen molar-refractivity contribution in [1.29, 1.82) is 0 Å². The van der Waals surface area contributed by atoms with Gasteiger partial charge >= 0.3 is 0 Å². The van der Waals surface area contributed by atoms with E-state index in [1.165, 1.54) is 12.3 Å². The molecule has 11 atom stereocenters. The maximum atomic E-state index is 10.6. The number of aliphatic hydroxyl groups is 6. The van der Waals surface area contributed by atoms with Crippen LogP contribution in [-0.4, -0.2) is 98.2 Å². The van der Waals surface area contributed by atoms with Gasteiger partial charge in [0.1, 0.15) is 42.2 Å². The third-order valence-corrected chi connectivity index (χ3v) is 5.19. The normalized spacial score (nSPS) is 58.8. The summed E-state index contributed by atoms with van der Waals surface area (Å²) in [6.45, 7) is -0.587. The number of hydrogen-bond donors (Lipinski definition) is 6. The zero-order valence-corrected chi connectivity index (χ0v) is 12.5. The molecule has 0 bridgehead atoms. The van der Waals surface area contributed by atoms with E-state index in [0.29, 0.717) is 0 Å². The zero-order valence-electron chi connectivity index (χ0n) is 12.5. The van der Waals surface area contributed by atoms with Crippen LogP contribution in [0.25, 0.3) is 0 Å². The summed E-state index contributed by atoms with van der Waals surface area (Å²) in [6, 6.07) is 0. The van der Waals surface area contributed by atoms with Crippen LogP contribution in [-0.2, 0) is 18.9 Å². The number of epoxide rings is 1. The maximum absolute atomic E-state index is 10.6.